The Labute approximate surface area is 123 Å². The van der Waals surface area contributed by atoms with Crippen molar-refractivity contribution in [2.75, 3.05) is 10.6 Å². The molecule has 2 N–H and O–H groups in total. The highest BCUT2D eigenvalue weighted by atomic mass is 16.2. The van der Waals surface area contributed by atoms with Crippen LogP contribution in [0.15, 0.2) is 30.3 Å². The second-order valence-electron chi connectivity index (χ2n) is 5.57. The van der Waals surface area contributed by atoms with Crippen molar-refractivity contribution in [2.24, 2.45) is 5.92 Å². The van der Waals surface area contributed by atoms with Crippen molar-refractivity contribution >= 4 is 23.2 Å². The molecule has 5 nitrogen and oxygen atoms in total. The van der Waals surface area contributed by atoms with Crippen LogP contribution in [0.3, 0.4) is 0 Å². The molecule has 1 aliphatic carbocycles. The molecular formula is C16H18N4O. The van der Waals surface area contributed by atoms with E-state index in [0.29, 0.717) is 11.6 Å². The van der Waals surface area contributed by atoms with E-state index in [1.54, 1.807) is 6.07 Å². The summed E-state index contributed by atoms with van der Waals surface area (Å²) in [6.45, 7) is 4.11. The second-order valence-corrected chi connectivity index (χ2v) is 5.57. The number of anilines is 3. The third-order valence-electron chi connectivity index (χ3n) is 3.36. The van der Waals surface area contributed by atoms with Crippen LogP contribution in [0.4, 0.5) is 17.3 Å². The number of carbonyl (C=O) groups is 1. The van der Waals surface area contributed by atoms with E-state index in [4.69, 9.17) is 0 Å². The zero-order chi connectivity index (χ0) is 14.8. The first-order chi connectivity index (χ1) is 10.1. The van der Waals surface area contributed by atoms with E-state index in [1.807, 2.05) is 6.07 Å². The molecule has 0 bridgehead atoms. The molecule has 0 radical (unpaired) electrons. The summed E-state index contributed by atoms with van der Waals surface area (Å²) in [5.41, 5.74) is 3.37. The van der Waals surface area contributed by atoms with Crippen LogP contribution in [0.2, 0.25) is 0 Å². The highest BCUT2D eigenvalue weighted by molar-refractivity contribution is 5.93. The molecule has 1 amide bonds. The van der Waals surface area contributed by atoms with Crippen LogP contribution in [-0.4, -0.2) is 16.1 Å². The number of nitrogens with zero attached hydrogens (tertiary/aromatic N) is 2. The van der Waals surface area contributed by atoms with Gasteiger partial charge in [-0.3, -0.25) is 4.79 Å². The summed E-state index contributed by atoms with van der Waals surface area (Å²) in [5.74, 6) is 1.36. The average Bonchev–Trinajstić information content (AvgIpc) is 3.24. The summed E-state index contributed by atoms with van der Waals surface area (Å²) < 4.78 is 0. The Hall–Kier alpha value is -2.43. The van der Waals surface area contributed by atoms with Crippen LogP contribution in [0.25, 0.3) is 0 Å². The Morgan fingerprint density at radius 2 is 1.67 bits per heavy atom. The maximum absolute atomic E-state index is 11.6. The zero-order valence-electron chi connectivity index (χ0n) is 12.2. The quantitative estimate of drug-likeness (QED) is 0.903. The summed E-state index contributed by atoms with van der Waals surface area (Å²) in [5, 5.41) is 14.1. The standard InChI is InChI=1S/C16H18N4O/c1-10-7-11(2)9-13(8-10)17-14-5-6-15(20-19-14)18-16(21)12-3-4-12/h5-9,12H,3-4H2,1-2H3,(H,17,19)(H,18,20,21). The van der Waals surface area contributed by atoms with Crippen LogP contribution in [0, 0.1) is 19.8 Å². The summed E-state index contributed by atoms with van der Waals surface area (Å²) in [6.07, 6.45) is 1.96. The average molecular weight is 282 g/mol. The Morgan fingerprint density at radius 3 is 2.24 bits per heavy atom. The number of hydrogen-bond donors (Lipinski definition) is 2. The lowest BCUT2D eigenvalue weighted by molar-refractivity contribution is -0.117. The molecule has 3 rings (SSSR count). The third-order valence-corrected chi connectivity index (χ3v) is 3.36. The summed E-state index contributed by atoms with van der Waals surface area (Å²) in [6, 6.07) is 9.80. The van der Waals surface area contributed by atoms with Crippen molar-refractivity contribution in [3.8, 4) is 0 Å². The number of carbonyl (C=O) groups excluding carboxylic acids is 1. The maximum Gasteiger partial charge on any atom is 0.228 e. The van der Waals surface area contributed by atoms with Crippen LogP contribution in [0.1, 0.15) is 24.0 Å². The molecule has 0 saturated heterocycles. The molecule has 1 saturated carbocycles. The Morgan fingerprint density at radius 1 is 1.05 bits per heavy atom. The molecule has 0 unspecified atom stereocenters. The van der Waals surface area contributed by atoms with Gasteiger partial charge < -0.3 is 10.6 Å². The predicted octanol–water partition coefficient (Wildman–Crippen LogP) is 3.19. The molecule has 1 heterocycles. The highest BCUT2D eigenvalue weighted by Gasteiger charge is 2.29. The van der Waals surface area contributed by atoms with E-state index in [0.717, 1.165) is 18.5 Å². The maximum atomic E-state index is 11.6. The first kappa shape index (κ1) is 13.5. The van der Waals surface area contributed by atoms with Gasteiger partial charge in [0.25, 0.3) is 0 Å². The largest absolute Gasteiger partial charge is 0.339 e. The van der Waals surface area contributed by atoms with Crippen molar-refractivity contribution in [1.82, 2.24) is 10.2 Å². The number of aromatic nitrogens is 2. The number of nitrogens with one attached hydrogen (secondary N) is 2. The normalized spacial score (nSPS) is 13.8. The topological polar surface area (TPSA) is 66.9 Å². The molecule has 0 atom stereocenters. The molecule has 0 aliphatic heterocycles. The molecule has 1 aliphatic rings. The molecule has 0 spiro atoms. The minimum absolute atomic E-state index is 0.0410. The van der Waals surface area contributed by atoms with E-state index in [1.165, 1.54) is 11.1 Å². The van der Waals surface area contributed by atoms with E-state index in [9.17, 15) is 4.79 Å². The Balaban J connectivity index is 1.67. The monoisotopic (exact) mass is 282 g/mol. The first-order valence-electron chi connectivity index (χ1n) is 7.10. The molecule has 1 aromatic heterocycles. The van der Waals surface area contributed by atoms with E-state index >= 15 is 0 Å². The highest BCUT2D eigenvalue weighted by Crippen LogP contribution is 2.29. The van der Waals surface area contributed by atoms with Gasteiger partial charge in [-0.15, -0.1) is 10.2 Å². The number of amides is 1. The first-order valence-corrected chi connectivity index (χ1v) is 7.10. The lowest BCUT2D eigenvalue weighted by Crippen LogP contribution is -2.14. The molecule has 108 valence electrons. The number of aryl methyl sites for hydroxylation is 2. The summed E-state index contributed by atoms with van der Waals surface area (Å²) >= 11 is 0. The third kappa shape index (κ3) is 3.56. The van der Waals surface area contributed by atoms with Crippen LogP contribution in [-0.2, 0) is 4.79 Å². The van der Waals surface area contributed by atoms with Gasteiger partial charge >= 0.3 is 0 Å². The molecular weight excluding hydrogens is 264 g/mol. The fourth-order valence-corrected chi connectivity index (χ4v) is 2.23. The lowest BCUT2D eigenvalue weighted by atomic mass is 10.1. The van der Waals surface area contributed by atoms with Crippen LogP contribution < -0.4 is 10.6 Å². The number of rotatable bonds is 4. The molecule has 1 fully saturated rings. The molecule has 2 aromatic rings. The van der Waals surface area contributed by atoms with Crippen molar-refractivity contribution in [3.05, 3.63) is 41.5 Å². The molecule has 21 heavy (non-hydrogen) atoms. The van der Waals surface area contributed by atoms with E-state index in [2.05, 4.69) is 52.9 Å². The van der Waals surface area contributed by atoms with Gasteiger partial charge in [0.2, 0.25) is 5.91 Å². The van der Waals surface area contributed by atoms with E-state index < -0.39 is 0 Å². The summed E-state index contributed by atoms with van der Waals surface area (Å²) in [4.78, 5) is 11.6. The Bertz CT molecular complexity index is 642. The van der Waals surface area contributed by atoms with Gasteiger partial charge in [-0.25, -0.2) is 0 Å². The van der Waals surface area contributed by atoms with Gasteiger partial charge in [0.1, 0.15) is 0 Å². The predicted molar refractivity (Wildman–Crippen MR) is 82.6 cm³/mol. The van der Waals surface area contributed by atoms with Gasteiger partial charge in [0.05, 0.1) is 0 Å². The van der Waals surface area contributed by atoms with Crippen LogP contribution >= 0.6 is 0 Å². The molecule has 5 heteroatoms. The Kier molecular flexibility index (Phi) is 3.56. The fraction of sp³-hybridized carbons (Fsp3) is 0.312. The zero-order valence-corrected chi connectivity index (χ0v) is 12.2. The second kappa shape index (κ2) is 5.52. The number of hydrogen-bond acceptors (Lipinski definition) is 4. The fourth-order valence-electron chi connectivity index (χ4n) is 2.23. The molecule has 1 aromatic carbocycles. The van der Waals surface area contributed by atoms with Gasteiger partial charge in [0.15, 0.2) is 11.6 Å². The minimum Gasteiger partial charge on any atom is -0.339 e. The van der Waals surface area contributed by atoms with Crippen molar-refractivity contribution in [3.63, 3.8) is 0 Å². The minimum atomic E-state index is 0.0410. The van der Waals surface area contributed by atoms with E-state index in [-0.39, 0.29) is 11.8 Å². The van der Waals surface area contributed by atoms with Gasteiger partial charge in [-0.05, 0) is 62.1 Å². The van der Waals surface area contributed by atoms with Gasteiger partial charge in [-0.2, -0.15) is 0 Å². The van der Waals surface area contributed by atoms with Crippen LogP contribution in [0.5, 0.6) is 0 Å². The number of benzene rings is 1. The SMILES string of the molecule is Cc1cc(C)cc(Nc2ccc(NC(=O)C3CC3)nn2)c1. The van der Waals surface area contributed by atoms with Crippen molar-refractivity contribution < 1.29 is 4.79 Å². The van der Waals surface area contributed by atoms with Crippen molar-refractivity contribution in [2.45, 2.75) is 26.7 Å². The summed E-state index contributed by atoms with van der Waals surface area (Å²) in [7, 11) is 0. The smallest absolute Gasteiger partial charge is 0.228 e. The van der Waals surface area contributed by atoms with Crippen molar-refractivity contribution in [1.29, 1.82) is 0 Å². The van der Waals surface area contributed by atoms with Gasteiger partial charge in [-0.1, -0.05) is 6.07 Å². The lowest BCUT2D eigenvalue weighted by Gasteiger charge is -2.08. The van der Waals surface area contributed by atoms with Gasteiger partial charge in [0, 0.05) is 11.6 Å².